The molecule has 0 fully saturated rings. The third-order valence-electron chi connectivity index (χ3n) is 1.95. The van der Waals surface area contributed by atoms with Gasteiger partial charge in [0.2, 0.25) is 0 Å². The quantitative estimate of drug-likeness (QED) is 0.732. The van der Waals surface area contributed by atoms with E-state index in [1.165, 1.54) is 24.4 Å². The molecular weight excluding hydrogens is 209 g/mol. The minimum Gasteiger partial charge on any atom is -0.406 e. The van der Waals surface area contributed by atoms with Crippen LogP contribution in [-0.4, -0.2) is 16.1 Å². The number of rotatable bonds is 1. The smallest absolute Gasteiger partial charge is 0.406 e. The van der Waals surface area contributed by atoms with Gasteiger partial charge in [0, 0.05) is 12.4 Å². The molecule has 6 heteroatoms. The van der Waals surface area contributed by atoms with Crippen LogP contribution in [0.5, 0.6) is 5.75 Å². The Labute approximate surface area is 83.1 Å². The van der Waals surface area contributed by atoms with Gasteiger partial charge in [-0.3, -0.25) is 4.68 Å². The fraction of sp³-hybridized carbons (Fsp3) is 0.222. The fourth-order valence-electron chi connectivity index (χ4n) is 1.34. The topological polar surface area (TPSA) is 27.1 Å². The molecule has 0 radical (unpaired) electrons. The highest BCUT2D eigenvalue weighted by atomic mass is 19.4. The molecule has 0 amide bonds. The molecule has 0 atom stereocenters. The van der Waals surface area contributed by atoms with Gasteiger partial charge in [0.15, 0.2) is 0 Å². The number of hydrogen-bond donors (Lipinski definition) is 0. The lowest BCUT2D eigenvalue weighted by Gasteiger charge is -2.08. The molecule has 0 spiro atoms. The molecular formula is C9H7F3N2O. The van der Waals surface area contributed by atoms with Gasteiger partial charge in [-0.25, -0.2) is 0 Å². The van der Waals surface area contributed by atoms with Crippen LogP contribution in [0.4, 0.5) is 13.2 Å². The lowest BCUT2D eigenvalue weighted by atomic mass is 10.2. The molecule has 0 aliphatic rings. The first-order chi connectivity index (χ1) is 6.96. The van der Waals surface area contributed by atoms with Crippen LogP contribution in [0.3, 0.4) is 0 Å². The molecule has 0 aliphatic carbocycles. The predicted molar refractivity (Wildman–Crippen MR) is 47.4 cm³/mol. The highest BCUT2D eigenvalue weighted by Gasteiger charge is 2.31. The fourth-order valence-corrected chi connectivity index (χ4v) is 1.34. The van der Waals surface area contributed by atoms with E-state index in [0.717, 1.165) is 5.52 Å². The van der Waals surface area contributed by atoms with Crippen LogP contribution in [0, 0.1) is 0 Å². The van der Waals surface area contributed by atoms with Crippen molar-refractivity contribution in [1.29, 1.82) is 0 Å². The summed E-state index contributed by atoms with van der Waals surface area (Å²) < 4.78 is 41.1. The summed E-state index contributed by atoms with van der Waals surface area (Å²) in [5, 5.41) is 4.52. The zero-order valence-corrected chi connectivity index (χ0v) is 7.75. The monoisotopic (exact) mass is 216 g/mol. The van der Waals surface area contributed by atoms with Gasteiger partial charge in [-0.2, -0.15) is 5.10 Å². The molecule has 15 heavy (non-hydrogen) atoms. The Morgan fingerprint density at radius 3 is 2.73 bits per heavy atom. The zero-order chi connectivity index (χ0) is 11.1. The maximum atomic E-state index is 11.9. The van der Waals surface area contributed by atoms with Crippen LogP contribution >= 0.6 is 0 Å². The molecule has 0 aliphatic heterocycles. The summed E-state index contributed by atoms with van der Waals surface area (Å²) >= 11 is 0. The van der Waals surface area contributed by atoms with Crippen LogP contribution in [0.15, 0.2) is 24.4 Å². The van der Waals surface area contributed by atoms with E-state index in [-0.39, 0.29) is 5.75 Å². The van der Waals surface area contributed by atoms with Crippen LogP contribution in [0.2, 0.25) is 0 Å². The van der Waals surface area contributed by atoms with Crippen molar-refractivity contribution < 1.29 is 17.9 Å². The molecule has 0 unspecified atom stereocenters. The van der Waals surface area contributed by atoms with E-state index >= 15 is 0 Å². The van der Waals surface area contributed by atoms with Crippen molar-refractivity contribution in [3.05, 3.63) is 24.4 Å². The van der Waals surface area contributed by atoms with Gasteiger partial charge >= 0.3 is 6.36 Å². The summed E-state index contributed by atoms with van der Waals surface area (Å²) in [5.41, 5.74) is 0.754. The Morgan fingerprint density at radius 2 is 2.07 bits per heavy atom. The van der Waals surface area contributed by atoms with Gasteiger partial charge in [0.25, 0.3) is 0 Å². The summed E-state index contributed by atoms with van der Waals surface area (Å²) in [7, 11) is 1.71. The summed E-state index contributed by atoms with van der Waals surface area (Å²) in [5.74, 6) is -0.233. The van der Waals surface area contributed by atoms with E-state index in [1.807, 2.05) is 0 Å². The molecule has 0 saturated carbocycles. The number of fused-ring (bicyclic) bond motifs is 1. The Balaban J connectivity index is 2.39. The first-order valence-corrected chi connectivity index (χ1v) is 4.13. The number of nitrogens with zero attached hydrogens (tertiary/aromatic N) is 2. The normalized spacial score (nSPS) is 12.0. The average molecular weight is 216 g/mol. The van der Waals surface area contributed by atoms with Crippen molar-refractivity contribution in [3.8, 4) is 5.75 Å². The molecule has 2 aromatic rings. The summed E-state index contributed by atoms with van der Waals surface area (Å²) in [6, 6.07) is 4.09. The van der Waals surface area contributed by atoms with Crippen molar-refractivity contribution in [2.75, 3.05) is 0 Å². The first-order valence-electron chi connectivity index (χ1n) is 4.13. The van der Waals surface area contributed by atoms with E-state index in [9.17, 15) is 13.2 Å². The summed E-state index contributed by atoms with van der Waals surface area (Å²) in [6.07, 6.45) is -3.17. The molecule has 0 saturated heterocycles. The Morgan fingerprint density at radius 1 is 1.33 bits per heavy atom. The second-order valence-corrected chi connectivity index (χ2v) is 3.04. The first kappa shape index (κ1) is 9.82. The molecule has 0 N–H and O–H groups in total. The third kappa shape index (κ3) is 2.03. The summed E-state index contributed by atoms with van der Waals surface area (Å²) in [6.45, 7) is 0. The van der Waals surface area contributed by atoms with Crippen molar-refractivity contribution in [1.82, 2.24) is 9.78 Å². The lowest BCUT2D eigenvalue weighted by molar-refractivity contribution is -0.274. The second kappa shape index (κ2) is 3.15. The van der Waals surface area contributed by atoms with Gasteiger partial charge in [0.1, 0.15) is 5.75 Å². The summed E-state index contributed by atoms with van der Waals surface area (Å²) in [4.78, 5) is 0. The minimum absolute atomic E-state index is 0.233. The average Bonchev–Trinajstić information content (AvgIpc) is 2.45. The zero-order valence-electron chi connectivity index (χ0n) is 7.75. The SMILES string of the molecule is Cn1ncc2cc(OC(F)(F)F)ccc21. The molecule has 1 aromatic heterocycles. The van der Waals surface area contributed by atoms with E-state index in [0.29, 0.717) is 5.39 Å². The van der Waals surface area contributed by atoms with Gasteiger partial charge < -0.3 is 4.74 Å². The largest absolute Gasteiger partial charge is 0.573 e. The Hall–Kier alpha value is -1.72. The van der Waals surface area contributed by atoms with E-state index in [2.05, 4.69) is 9.84 Å². The highest BCUT2D eigenvalue weighted by Crippen LogP contribution is 2.25. The highest BCUT2D eigenvalue weighted by molar-refractivity contribution is 5.80. The molecule has 2 rings (SSSR count). The Bertz CT molecular complexity index is 490. The Kier molecular flexibility index (Phi) is 2.06. The number of aromatic nitrogens is 2. The van der Waals surface area contributed by atoms with Gasteiger partial charge in [-0.15, -0.1) is 13.2 Å². The van der Waals surface area contributed by atoms with Crippen LogP contribution in [0.1, 0.15) is 0 Å². The van der Waals surface area contributed by atoms with Crippen molar-refractivity contribution in [2.45, 2.75) is 6.36 Å². The number of ether oxygens (including phenoxy) is 1. The number of halogens is 3. The molecule has 80 valence electrons. The molecule has 3 nitrogen and oxygen atoms in total. The van der Waals surface area contributed by atoms with Crippen molar-refractivity contribution in [2.24, 2.45) is 7.05 Å². The maximum absolute atomic E-state index is 11.9. The van der Waals surface area contributed by atoms with Crippen LogP contribution in [-0.2, 0) is 7.05 Å². The van der Waals surface area contributed by atoms with Crippen LogP contribution in [0.25, 0.3) is 10.9 Å². The van der Waals surface area contributed by atoms with Gasteiger partial charge in [-0.1, -0.05) is 0 Å². The molecule has 1 aromatic carbocycles. The number of benzene rings is 1. The van der Waals surface area contributed by atoms with E-state index < -0.39 is 6.36 Å². The number of alkyl halides is 3. The lowest BCUT2D eigenvalue weighted by Crippen LogP contribution is -2.16. The molecule has 0 bridgehead atoms. The van der Waals surface area contributed by atoms with E-state index in [1.54, 1.807) is 11.7 Å². The van der Waals surface area contributed by atoms with E-state index in [4.69, 9.17) is 0 Å². The number of hydrogen-bond acceptors (Lipinski definition) is 2. The van der Waals surface area contributed by atoms with Crippen molar-refractivity contribution in [3.63, 3.8) is 0 Å². The maximum Gasteiger partial charge on any atom is 0.573 e. The van der Waals surface area contributed by atoms with Crippen molar-refractivity contribution >= 4 is 10.9 Å². The van der Waals surface area contributed by atoms with Gasteiger partial charge in [0.05, 0.1) is 11.7 Å². The van der Waals surface area contributed by atoms with Crippen LogP contribution < -0.4 is 4.74 Å². The second-order valence-electron chi connectivity index (χ2n) is 3.04. The number of aryl methyl sites for hydroxylation is 1. The van der Waals surface area contributed by atoms with Gasteiger partial charge in [-0.05, 0) is 18.2 Å². The third-order valence-corrected chi connectivity index (χ3v) is 1.95. The molecule has 1 heterocycles. The standard InChI is InChI=1S/C9H7F3N2O/c1-14-8-3-2-7(15-9(10,11)12)4-6(8)5-13-14/h2-5H,1H3. The predicted octanol–water partition coefficient (Wildman–Crippen LogP) is 2.47. The minimum atomic E-state index is -4.66.